The molecule has 0 spiro atoms. The summed E-state index contributed by atoms with van der Waals surface area (Å²) in [6, 6.07) is 0.482. The number of thiazole rings is 1. The van der Waals surface area contributed by atoms with Crippen LogP contribution in [0.2, 0.25) is 0 Å². The predicted octanol–water partition coefficient (Wildman–Crippen LogP) is 1.04. The molecule has 0 bridgehead atoms. The molecule has 22 heavy (non-hydrogen) atoms. The Kier molecular flexibility index (Phi) is 6.29. The largest absolute Gasteiger partial charge is 0.480 e. The summed E-state index contributed by atoms with van der Waals surface area (Å²) in [5, 5.41) is 15.2. The number of amides is 1. The van der Waals surface area contributed by atoms with Crippen molar-refractivity contribution < 1.29 is 19.4 Å². The summed E-state index contributed by atoms with van der Waals surface area (Å²) >= 11 is 1.49. The lowest BCUT2D eigenvalue weighted by Gasteiger charge is -2.21. The van der Waals surface area contributed by atoms with Crippen LogP contribution in [0, 0.1) is 0 Å². The fraction of sp³-hybridized carbons (Fsp3) is 0.643. The lowest BCUT2D eigenvalue weighted by molar-refractivity contribution is -0.143. The molecule has 0 fully saturated rings. The van der Waals surface area contributed by atoms with Gasteiger partial charge in [-0.2, -0.15) is 0 Å². The van der Waals surface area contributed by atoms with Gasteiger partial charge in [0.2, 0.25) is 0 Å². The van der Waals surface area contributed by atoms with Crippen LogP contribution in [0.25, 0.3) is 0 Å². The van der Waals surface area contributed by atoms with E-state index in [4.69, 9.17) is 9.84 Å². The Bertz CT molecular complexity index is 532. The van der Waals surface area contributed by atoms with Gasteiger partial charge in [0.1, 0.15) is 13.2 Å². The van der Waals surface area contributed by atoms with Gasteiger partial charge in [-0.3, -0.25) is 10.1 Å². The van der Waals surface area contributed by atoms with Gasteiger partial charge in [0.15, 0.2) is 5.13 Å². The number of rotatable bonds is 8. The van der Waals surface area contributed by atoms with Crippen molar-refractivity contribution in [1.82, 2.24) is 10.3 Å². The van der Waals surface area contributed by atoms with E-state index < -0.39 is 12.6 Å². The fourth-order valence-corrected chi connectivity index (χ4v) is 3.44. The van der Waals surface area contributed by atoms with E-state index >= 15 is 0 Å². The molecule has 0 aliphatic heterocycles. The van der Waals surface area contributed by atoms with Crippen molar-refractivity contribution in [1.29, 1.82) is 0 Å². The van der Waals surface area contributed by atoms with Crippen LogP contribution >= 0.6 is 11.3 Å². The van der Waals surface area contributed by atoms with Crippen molar-refractivity contribution in [3.8, 4) is 0 Å². The van der Waals surface area contributed by atoms with E-state index in [0.29, 0.717) is 11.2 Å². The number of aromatic nitrogens is 1. The Labute approximate surface area is 133 Å². The van der Waals surface area contributed by atoms with Crippen molar-refractivity contribution in [2.75, 3.05) is 25.1 Å². The van der Waals surface area contributed by atoms with Gasteiger partial charge < -0.3 is 15.2 Å². The third-order valence-corrected chi connectivity index (χ3v) is 4.36. The first-order valence-corrected chi connectivity index (χ1v) is 8.21. The molecule has 1 aliphatic carbocycles. The molecule has 2 rings (SSSR count). The van der Waals surface area contributed by atoms with Gasteiger partial charge in [0, 0.05) is 10.9 Å². The molecule has 1 heterocycles. The number of fused-ring (bicyclic) bond motifs is 1. The molecule has 0 aromatic carbocycles. The summed E-state index contributed by atoms with van der Waals surface area (Å²) in [5.41, 5.74) is 1.06. The van der Waals surface area contributed by atoms with Gasteiger partial charge in [-0.15, -0.1) is 11.3 Å². The SMILES string of the molecule is CCCNC1CCc2nc(NC(=O)COCC(=O)O)sc2C1. The van der Waals surface area contributed by atoms with E-state index in [9.17, 15) is 9.59 Å². The van der Waals surface area contributed by atoms with Gasteiger partial charge in [-0.05, 0) is 32.2 Å². The maximum Gasteiger partial charge on any atom is 0.329 e. The summed E-state index contributed by atoms with van der Waals surface area (Å²) < 4.78 is 4.75. The highest BCUT2D eigenvalue weighted by Crippen LogP contribution is 2.29. The zero-order valence-corrected chi connectivity index (χ0v) is 13.4. The van der Waals surface area contributed by atoms with Gasteiger partial charge in [0.05, 0.1) is 5.69 Å². The highest BCUT2D eigenvalue weighted by molar-refractivity contribution is 7.15. The molecule has 1 aromatic heterocycles. The number of hydrogen-bond acceptors (Lipinski definition) is 6. The van der Waals surface area contributed by atoms with Gasteiger partial charge in [0.25, 0.3) is 5.91 Å². The number of carbonyl (C=O) groups excluding carboxylic acids is 1. The summed E-state index contributed by atoms with van der Waals surface area (Å²) in [4.78, 5) is 27.6. The van der Waals surface area contributed by atoms with Gasteiger partial charge >= 0.3 is 5.97 Å². The quantitative estimate of drug-likeness (QED) is 0.659. The van der Waals surface area contributed by atoms with E-state index in [0.717, 1.165) is 37.9 Å². The zero-order valence-electron chi connectivity index (χ0n) is 12.6. The third-order valence-electron chi connectivity index (χ3n) is 3.33. The number of carboxylic acid groups (broad SMARTS) is 1. The third kappa shape index (κ3) is 5.04. The second-order valence-corrected chi connectivity index (χ2v) is 6.30. The maximum absolute atomic E-state index is 11.6. The van der Waals surface area contributed by atoms with Crippen molar-refractivity contribution in [2.24, 2.45) is 0 Å². The molecule has 122 valence electrons. The second-order valence-electron chi connectivity index (χ2n) is 5.22. The lowest BCUT2D eigenvalue weighted by Crippen LogP contribution is -2.34. The van der Waals surface area contributed by atoms with Crippen LogP contribution in [0.1, 0.15) is 30.3 Å². The molecule has 1 amide bonds. The number of aliphatic carboxylic acids is 1. The summed E-state index contributed by atoms with van der Waals surface area (Å²) in [5.74, 6) is -1.48. The monoisotopic (exact) mass is 327 g/mol. The molecule has 1 aliphatic rings. The minimum atomic E-state index is -1.09. The van der Waals surface area contributed by atoms with Crippen LogP contribution < -0.4 is 10.6 Å². The average Bonchev–Trinajstić information content (AvgIpc) is 2.85. The molecule has 0 radical (unpaired) electrons. The zero-order chi connectivity index (χ0) is 15.9. The van der Waals surface area contributed by atoms with E-state index in [1.807, 2.05) is 0 Å². The number of nitrogens with one attached hydrogen (secondary N) is 2. The van der Waals surface area contributed by atoms with Crippen LogP contribution in [-0.4, -0.2) is 47.8 Å². The Morgan fingerprint density at radius 3 is 3.00 bits per heavy atom. The molecule has 0 saturated carbocycles. The smallest absolute Gasteiger partial charge is 0.329 e. The van der Waals surface area contributed by atoms with Crippen LogP contribution in [0.15, 0.2) is 0 Å². The Morgan fingerprint density at radius 1 is 1.45 bits per heavy atom. The molecule has 3 N–H and O–H groups in total. The molecule has 1 aromatic rings. The summed E-state index contributed by atoms with van der Waals surface area (Å²) in [6.45, 7) is 2.40. The molecule has 1 atom stereocenters. The number of nitrogens with zero attached hydrogens (tertiary/aromatic N) is 1. The number of anilines is 1. The average molecular weight is 327 g/mol. The van der Waals surface area contributed by atoms with Crippen molar-refractivity contribution >= 4 is 28.3 Å². The number of hydrogen-bond donors (Lipinski definition) is 3. The first-order chi connectivity index (χ1) is 10.6. The summed E-state index contributed by atoms with van der Waals surface area (Å²) in [6.07, 6.45) is 4.03. The topological polar surface area (TPSA) is 101 Å². The highest BCUT2D eigenvalue weighted by atomic mass is 32.1. The van der Waals surface area contributed by atoms with E-state index in [2.05, 4.69) is 22.5 Å². The number of aryl methyl sites for hydroxylation is 1. The van der Waals surface area contributed by atoms with Crippen LogP contribution in [0.3, 0.4) is 0 Å². The van der Waals surface area contributed by atoms with Gasteiger partial charge in [-0.1, -0.05) is 6.92 Å². The second kappa shape index (κ2) is 8.21. The van der Waals surface area contributed by atoms with Crippen molar-refractivity contribution in [3.63, 3.8) is 0 Å². The van der Waals surface area contributed by atoms with Crippen molar-refractivity contribution in [3.05, 3.63) is 10.6 Å². The lowest BCUT2D eigenvalue weighted by atomic mass is 9.98. The Morgan fingerprint density at radius 2 is 2.27 bits per heavy atom. The minimum absolute atomic E-state index is 0.281. The Hall–Kier alpha value is -1.51. The molecule has 1 unspecified atom stereocenters. The molecular weight excluding hydrogens is 306 g/mol. The van der Waals surface area contributed by atoms with E-state index in [-0.39, 0.29) is 12.5 Å². The maximum atomic E-state index is 11.6. The van der Waals surface area contributed by atoms with Crippen molar-refractivity contribution in [2.45, 2.75) is 38.6 Å². The van der Waals surface area contributed by atoms with Gasteiger partial charge in [-0.25, -0.2) is 9.78 Å². The van der Waals surface area contributed by atoms with E-state index in [1.165, 1.54) is 16.2 Å². The standard InChI is InChI=1S/C14H21N3O4S/c1-2-5-15-9-3-4-10-11(6-9)22-14(16-10)17-12(18)7-21-8-13(19)20/h9,15H,2-8H2,1H3,(H,19,20)(H,16,17,18). The normalized spacial score (nSPS) is 17.0. The molecule has 7 nitrogen and oxygen atoms in total. The first-order valence-electron chi connectivity index (χ1n) is 7.39. The first kappa shape index (κ1) is 16.9. The van der Waals surface area contributed by atoms with Crippen LogP contribution in [-0.2, 0) is 27.2 Å². The minimum Gasteiger partial charge on any atom is -0.480 e. The van der Waals surface area contributed by atoms with Crippen LogP contribution in [0.5, 0.6) is 0 Å². The number of ether oxygens (including phenoxy) is 1. The molecule has 0 saturated heterocycles. The molecular formula is C14H21N3O4S. The van der Waals surface area contributed by atoms with Crippen LogP contribution in [0.4, 0.5) is 5.13 Å². The number of carbonyl (C=O) groups is 2. The molecule has 8 heteroatoms. The highest BCUT2D eigenvalue weighted by Gasteiger charge is 2.22. The Balaban J connectivity index is 1.83. The number of carboxylic acids is 1. The summed E-state index contributed by atoms with van der Waals surface area (Å²) in [7, 11) is 0. The van der Waals surface area contributed by atoms with E-state index in [1.54, 1.807) is 0 Å². The fourth-order valence-electron chi connectivity index (χ4n) is 2.34. The predicted molar refractivity (Wildman–Crippen MR) is 83.3 cm³/mol.